The van der Waals surface area contributed by atoms with Crippen LogP contribution in [-0.4, -0.2) is 88.5 Å². The van der Waals surface area contributed by atoms with Crippen LogP contribution in [0.15, 0.2) is 6.07 Å². The van der Waals surface area contributed by atoms with Crippen LogP contribution in [-0.2, 0) is 4.74 Å². The van der Waals surface area contributed by atoms with E-state index in [4.69, 9.17) is 21.1 Å². The molecule has 5 heterocycles. The summed E-state index contributed by atoms with van der Waals surface area (Å²) in [6, 6.07) is 0.480. The number of ether oxygens (including phenoxy) is 2. The van der Waals surface area contributed by atoms with Gasteiger partial charge in [0.2, 0.25) is 0 Å². The first-order valence-corrected chi connectivity index (χ1v) is 14.4. The van der Waals surface area contributed by atoms with Gasteiger partial charge in [-0.1, -0.05) is 11.6 Å². The summed E-state index contributed by atoms with van der Waals surface area (Å²) in [5.74, 6) is -1.26. The van der Waals surface area contributed by atoms with E-state index in [9.17, 15) is 13.6 Å². The number of rotatable bonds is 4. The van der Waals surface area contributed by atoms with Gasteiger partial charge in [0.15, 0.2) is 5.82 Å². The number of amides is 1. The molecular formula is C28H35ClF3N5O3. The fourth-order valence-electron chi connectivity index (χ4n) is 6.92. The van der Waals surface area contributed by atoms with Crippen LogP contribution in [0, 0.1) is 17.6 Å². The van der Waals surface area contributed by atoms with Gasteiger partial charge in [-0.25, -0.2) is 18.0 Å². The molecule has 4 fully saturated rings. The molecule has 1 aromatic carbocycles. The maximum absolute atomic E-state index is 15.1. The van der Waals surface area contributed by atoms with Gasteiger partial charge in [-0.05, 0) is 58.9 Å². The van der Waals surface area contributed by atoms with Crippen molar-refractivity contribution in [3.8, 4) is 6.01 Å². The number of carbonyl (C=O) groups is 1. The van der Waals surface area contributed by atoms with Gasteiger partial charge in [-0.2, -0.15) is 9.97 Å². The molecule has 4 saturated heterocycles. The first-order chi connectivity index (χ1) is 18.9. The molecule has 8 nitrogen and oxygen atoms in total. The second-order valence-electron chi connectivity index (χ2n) is 12.7. The van der Waals surface area contributed by atoms with Crippen LogP contribution >= 0.6 is 11.6 Å². The molecule has 0 radical (unpaired) electrons. The van der Waals surface area contributed by atoms with E-state index < -0.39 is 28.9 Å². The van der Waals surface area contributed by atoms with E-state index in [0.717, 1.165) is 32.2 Å². The summed E-state index contributed by atoms with van der Waals surface area (Å²) in [4.78, 5) is 27.7. The number of nitrogens with zero attached hydrogens (tertiary/aromatic N) is 5. The Morgan fingerprint density at radius 3 is 2.75 bits per heavy atom. The van der Waals surface area contributed by atoms with Crippen molar-refractivity contribution in [3.05, 3.63) is 22.7 Å². The molecule has 2 bridgehead atoms. The lowest BCUT2D eigenvalue weighted by Gasteiger charge is -2.34. The minimum atomic E-state index is -0.920. The summed E-state index contributed by atoms with van der Waals surface area (Å²) >= 11 is 6.39. The number of hydrogen-bond donors (Lipinski definition) is 0. The maximum Gasteiger partial charge on any atom is 0.410 e. The molecule has 4 aliphatic heterocycles. The zero-order valence-electron chi connectivity index (χ0n) is 23.1. The maximum atomic E-state index is 15.1. The number of fused-ring (bicyclic) bond motifs is 4. The normalized spacial score (nSPS) is 28.7. The molecule has 218 valence electrons. The standard InChI is InChI=1S/C28H35ClF3N5O3/c1-27(2,3)40-26(38)37-12-16-5-8-35(14-18(37)9-16)24-21-22(29)19(31)10-20(32)23(21)33-25(34-24)39-15-28-6-4-7-36(28)13-17(30)11-28/h10,16-18H,4-9,11-15H2,1-3H3/t16?,17-,18?,28+/m1/s1. The van der Waals surface area contributed by atoms with E-state index >= 15 is 4.39 Å². The summed E-state index contributed by atoms with van der Waals surface area (Å²) in [6.45, 7) is 8.39. The smallest absolute Gasteiger partial charge is 0.410 e. The third-order valence-electron chi connectivity index (χ3n) is 8.68. The van der Waals surface area contributed by atoms with Crippen LogP contribution in [0.3, 0.4) is 0 Å². The highest BCUT2D eigenvalue weighted by molar-refractivity contribution is 6.36. The Kier molecular flexibility index (Phi) is 6.96. The lowest BCUT2D eigenvalue weighted by atomic mass is 9.95. The van der Waals surface area contributed by atoms with Crippen molar-refractivity contribution >= 4 is 34.4 Å². The van der Waals surface area contributed by atoms with Gasteiger partial charge in [-0.15, -0.1) is 0 Å². The van der Waals surface area contributed by atoms with Crippen molar-refractivity contribution in [2.45, 2.75) is 76.2 Å². The summed E-state index contributed by atoms with van der Waals surface area (Å²) < 4.78 is 55.8. The fraction of sp³-hybridized carbons (Fsp3) is 0.679. The quantitative estimate of drug-likeness (QED) is 0.451. The number of aromatic nitrogens is 2. The van der Waals surface area contributed by atoms with Gasteiger partial charge in [0.1, 0.15) is 35.5 Å². The largest absolute Gasteiger partial charge is 0.461 e. The van der Waals surface area contributed by atoms with Crippen molar-refractivity contribution in [1.82, 2.24) is 19.8 Å². The van der Waals surface area contributed by atoms with Gasteiger partial charge in [-0.3, -0.25) is 4.90 Å². The molecule has 0 saturated carbocycles. The third kappa shape index (κ3) is 5.04. The van der Waals surface area contributed by atoms with E-state index in [1.165, 1.54) is 0 Å². The van der Waals surface area contributed by atoms with Crippen molar-refractivity contribution in [3.63, 3.8) is 0 Å². The Hall–Kier alpha value is -2.53. The summed E-state index contributed by atoms with van der Waals surface area (Å²) in [5.41, 5.74) is -1.20. The SMILES string of the molecule is CC(C)(C)OC(=O)N1CC2CCN(c3nc(OC[C@@]45CCCN4C[C@H](F)C5)nc4c(F)cc(F)c(Cl)c34)CC1C2. The molecule has 4 aliphatic rings. The monoisotopic (exact) mass is 581 g/mol. The average molecular weight is 582 g/mol. The molecular weight excluding hydrogens is 547 g/mol. The molecule has 12 heteroatoms. The van der Waals surface area contributed by atoms with Crippen molar-refractivity contribution in [1.29, 1.82) is 0 Å². The van der Waals surface area contributed by atoms with Crippen LogP contribution in [0.5, 0.6) is 6.01 Å². The lowest BCUT2D eigenvalue weighted by molar-refractivity contribution is 0.0221. The molecule has 1 aromatic heterocycles. The molecule has 2 unspecified atom stereocenters. The summed E-state index contributed by atoms with van der Waals surface area (Å²) in [5, 5.41) is -0.202. The molecule has 6 rings (SSSR count). The van der Waals surface area contributed by atoms with E-state index in [2.05, 4.69) is 14.9 Å². The minimum Gasteiger partial charge on any atom is -0.461 e. The Morgan fingerprint density at radius 2 is 1.98 bits per heavy atom. The second-order valence-corrected chi connectivity index (χ2v) is 13.1. The van der Waals surface area contributed by atoms with Crippen molar-refractivity contribution < 1.29 is 27.4 Å². The van der Waals surface area contributed by atoms with Gasteiger partial charge < -0.3 is 19.3 Å². The molecule has 4 atom stereocenters. The Balaban J connectivity index is 1.33. The van der Waals surface area contributed by atoms with Crippen molar-refractivity contribution in [2.75, 3.05) is 44.2 Å². The number of benzene rings is 1. The van der Waals surface area contributed by atoms with E-state index in [0.29, 0.717) is 38.7 Å². The van der Waals surface area contributed by atoms with Crippen LogP contribution in [0.2, 0.25) is 5.02 Å². The fourth-order valence-corrected chi connectivity index (χ4v) is 7.15. The summed E-state index contributed by atoms with van der Waals surface area (Å²) in [6.07, 6.45) is 2.37. The zero-order valence-corrected chi connectivity index (χ0v) is 23.8. The molecule has 0 spiro atoms. The highest BCUT2D eigenvalue weighted by atomic mass is 35.5. The molecule has 40 heavy (non-hydrogen) atoms. The highest BCUT2D eigenvalue weighted by Crippen LogP contribution is 2.42. The van der Waals surface area contributed by atoms with Gasteiger partial charge in [0, 0.05) is 38.7 Å². The average Bonchev–Trinajstić information content (AvgIpc) is 3.48. The van der Waals surface area contributed by atoms with Gasteiger partial charge in [0.05, 0.1) is 22.0 Å². The van der Waals surface area contributed by atoms with Crippen molar-refractivity contribution in [2.24, 2.45) is 5.92 Å². The molecule has 0 aliphatic carbocycles. The van der Waals surface area contributed by atoms with E-state index in [1.807, 2.05) is 25.7 Å². The Bertz CT molecular complexity index is 1330. The topological polar surface area (TPSA) is 71.0 Å². The van der Waals surface area contributed by atoms with E-state index in [1.54, 1.807) is 4.90 Å². The highest BCUT2D eigenvalue weighted by Gasteiger charge is 2.49. The lowest BCUT2D eigenvalue weighted by Crippen LogP contribution is -2.46. The Morgan fingerprint density at radius 1 is 1.18 bits per heavy atom. The second kappa shape index (κ2) is 10.1. The predicted octanol–water partition coefficient (Wildman–Crippen LogP) is 5.35. The van der Waals surface area contributed by atoms with Crippen LogP contribution in [0.1, 0.15) is 52.9 Å². The van der Waals surface area contributed by atoms with Gasteiger partial charge >= 0.3 is 12.1 Å². The van der Waals surface area contributed by atoms with E-state index in [-0.39, 0.29) is 52.4 Å². The van der Waals surface area contributed by atoms with Crippen LogP contribution < -0.4 is 9.64 Å². The number of carbonyl (C=O) groups excluding carboxylic acids is 1. The first-order valence-electron chi connectivity index (χ1n) is 14.0. The number of halogens is 4. The van der Waals surface area contributed by atoms with Crippen LogP contribution in [0.4, 0.5) is 23.8 Å². The molecule has 2 aromatic rings. The number of alkyl halides is 1. The zero-order chi connectivity index (χ0) is 28.4. The number of hydrogen-bond acceptors (Lipinski definition) is 7. The first kappa shape index (κ1) is 27.6. The number of likely N-dealkylation sites (tertiary alicyclic amines) is 1. The van der Waals surface area contributed by atoms with Gasteiger partial charge in [0.25, 0.3) is 0 Å². The third-order valence-corrected chi connectivity index (χ3v) is 9.05. The summed E-state index contributed by atoms with van der Waals surface area (Å²) in [7, 11) is 0. The molecule has 0 N–H and O–H groups in total. The Labute approximate surface area is 236 Å². The predicted molar refractivity (Wildman–Crippen MR) is 145 cm³/mol. The molecule has 1 amide bonds. The van der Waals surface area contributed by atoms with Crippen LogP contribution in [0.25, 0.3) is 10.9 Å². The minimum absolute atomic E-state index is 0.0639. The number of anilines is 1.